The van der Waals surface area contributed by atoms with Crippen molar-refractivity contribution in [2.75, 3.05) is 16.8 Å². The van der Waals surface area contributed by atoms with E-state index in [1.165, 1.54) is 0 Å². The van der Waals surface area contributed by atoms with Crippen LogP contribution < -0.4 is 5.32 Å². The van der Waals surface area contributed by atoms with Gasteiger partial charge in [-0.25, -0.2) is 0 Å². The number of carbonyl (C=O) groups is 1. The third-order valence-corrected chi connectivity index (χ3v) is 3.06. The maximum atomic E-state index is 11.4. The van der Waals surface area contributed by atoms with Gasteiger partial charge in [0.15, 0.2) is 0 Å². The van der Waals surface area contributed by atoms with Crippen molar-refractivity contribution in [3.8, 4) is 0 Å². The van der Waals surface area contributed by atoms with Gasteiger partial charge in [-0.1, -0.05) is 22.0 Å². The second-order valence-corrected chi connectivity index (χ2v) is 4.80. The second-order valence-electron chi connectivity index (χ2n) is 2.86. The quantitative estimate of drug-likeness (QED) is 0.664. The van der Waals surface area contributed by atoms with Gasteiger partial charge in [0.05, 0.1) is 5.75 Å². The van der Waals surface area contributed by atoms with E-state index in [0.29, 0.717) is 5.75 Å². The fourth-order valence-electron chi connectivity index (χ4n) is 0.965. The van der Waals surface area contributed by atoms with Gasteiger partial charge in [0.2, 0.25) is 5.91 Å². The standard InChI is InChI=1S/C11H12BrNOS/c1-2-7-15-8-11(14)13-10-5-3-9(12)4-6-10/h2-6H,1,7-8H2,(H,13,14). The number of carbonyl (C=O) groups excluding carboxylic acids is 1. The molecule has 80 valence electrons. The minimum absolute atomic E-state index is 0.0178. The van der Waals surface area contributed by atoms with Crippen molar-refractivity contribution in [3.63, 3.8) is 0 Å². The molecule has 4 heteroatoms. The third kappa shape index (κ3) is 5.04. The molecule has 0 radical (unpaired) electrons. The minimum atomic E-state index is 0.0178. The number of anilines is 1. The van der Waals surface area contributed by atoms with Crippen molar-refractivity contribution in [3.05, 3.63) is 41.4 Å². The summed E-state index contributed by atoms with van der Waals surface area (Å²) in [5, 5.41) is 2.81. The van der Waals surface area contributed by atoms with Gasteiger partial charge in [0, 0.05) is 15.9 Å². The summed E-state index contributed by atoms with van der Waals surface area (Å²) in [7, 11) is 0. The van der Waals surface area contributed by atoms with E-state index in [0.717, 1.165) is 15.9 Å². The summed E-state index contributed by atoms with van der Waals surface area (Å²) in [6.07, 6.45) is 1.79. The molecule has 1 aromatic rings. The van der Waals surface area contributed by atoms with Crippen LogP contribution in [-0.2, 0) is 4.79 Å². The van der Waals surface area contributed by atoms with E-state index in [2.05, 4.69) is 27.8 Å². The molecule has 1 aromatic carbocycles. The van der Waals surface area contributed by atoms with Crippen molar-refractivity contribution >= 4 is 39.3 Å². The molecule has 0 bridgehead atoms. The van der Waals surface area contributed by atoms with Gasteiger partial charge < -0.3 is 5.32 Å². The van der Waals surface area contributed by atoms with Crippen LogP contribution in [0.4, 0.5) is 5.69 Å². The van der Waals surface area contributed by atoms with Crippen molar-refractivity contribution in [1.29, 1.82) is 0 Å². The van der Waals surface area contributed by atoms with Gasteiger partial charge in [-0.3, -0.25) is 4.79 Å². The van der Waals surface area contributed by atoms with Crippen LogP contribution in [0.3, 0.4) is 0 Å². The molecule has 0 aromatic heterocycles. The Labute approximate surface area is 102 Å². The summed E-state index contributed by atoms with van der Waals surface area (Å²) >= 11 is 4.88. The number of nitrogens with one attached hydrogen (secondary N) is 1. The van der Waals surface area contributed by atoms with Crippen LogP contribution in [0.1, 0.15) is 0 Å². The zero-order chi connectivity index (χ0) is 11.1. The summed E-state index contributed by atoms with van der Waals surface area (Å²) in [5.74, 6) is 1.28. The Morgan fingerprint density at radius 2 is 2.13 bits per heavy atom. The molecule has 0 heterocycles. The molecule has 1 N–H and O–H groups in total. The van der Waals surface area contributed by atoms with Crippen molar-refractivity contribution in [1.82, 2.24) is 0 Å². The summed E-state index contributed by atoms with van der Waals surface area (Å²) in [6, 6.07) is 7.51. The average molecular weight is 286 g/mol. The van der Waals surface area contributed by atoms with Crippen LogP contribution in [0.15, 0.2) is 41.4 Å². The molecular weight excluding hydrogens is 274 g/mol. The van der Waals surface area contributed by atoms with Crippen LogP contribution in [0.25, 0.3) is 0 Å². The molecule has 0 aliphatic heterocycles. The minimum Gasteiger partial charge on any atom is -0.325 e. The van der Waals surface area contributed by atoms with Gasteiger partial charge in [-0.05, 0) is 24.3 Å². The molecule has 1 amide bonds. The Hall–Kier alpha value is -0.740. The van der Waals surface area contributed by atoms with E-state index in [4.69, 9.17) is 0 Å². The summed E-state index contributed by atoms with van der Waals surface area (Å²) in [5.41, 5.74) is 0.822. The first-order valence-electron chi connectivity index (χ1n) is 4.46. The highest BCUT2D eigenvalue weighted by atomic mass is 79.9. The monoisotopic (exact) mass is 285 g/mol. The molecule has 0 fully saturated rings. The lowest BCUT2D eigenvalue weighted by Gasteiger charge is -2.04. The SMILES string of the molecule is C=CCSCC(=O)Nc1ccc(Br)cc1. The highest BCUT2D eigenvalue weighted by Gasteiger charge is 2.01. The second kappa shape index (κ2) is 6.69. The smallest absolute Gasteiger partial charge is 0.234 e. The lowest BCUT2D eigenvalue weighted by Crippen LogP contribution is -2.14. The predicted octanol–water partition coefficient (Wildman–Crippen LogP) is 3.31. The largest absolute Gasteiger partial charge is 0.325 e. The van der Waals surface area contributed by atoms with Crippen LogP contribution in [-0.4, -0.2) is 17.4 Å². The molecule has 0 atom stereocenters. The number of hydrogen-bond donors (Lipinski definition) is 1. The van der Waals surface area contributed by atoms with Gasteiger partial charge in [0.25, 0.3) is 0 Å². The van der Waals surface area contributed by atoms with Crippen molar-refractivity contribution in [2.45, 2.75) is 0 Å². The van der Waals surface area contributed by atoms with E-state index < -0.39 is 0 Å². The molecule has 0 aliphatic rings. The Kier molecular flexibility index (Phi) is 5.50. The number of amides is 1. The average Bonchev–Trinajstić information content (AvgIpc) is 2.22. The fourth-order valence-corrected chi connectivity index (χ4v) is 1.77. The number of benzene rings is 1. The molecule has 2 nitrogen and oxygen atoms in total. The molecule has 1 rings (SSSR count). The van der Waals surface area contributed by atoms with Crippen molar-refractivity contribution < 1.29 is 4.79 Å². The highest BCUT2D eigenvalue weighted by molar-refractivity contribution is 9.10. The lowest BCUT2D eigenvalue weighted by molar-refractivity contribution is -0.113. The number of thioether (sulfide) groups is 1. The first-order valence-corrected chi connectivity index (χ1v) is 6.41. The van der Waals surface area contributed by atoms with Crippen molar-refractivity contribution in [2.24, 2.45) is 0 Å². The molecule has 0 unspecified atom stereocenters. The van der Waals surface area contributed by atoms with Gasteiger partial charge in [-0.15, -0.1) is 18.3 Å². The Morgan fingerprint density at radius 1 is 1.47 bits per heavy atom. The maximum Gasteiger partial charge on any atom is 0.234 e. The zero-order valence-electron chi connectivity index (χ0n) is 8.20. The fraction of sp³-hybridized carbons (Fsp3) is 0.182. The topological polar surface area (TPSA) is 29.1 Å². The maximum absolute atomic E-state index is 11.4. The third-order valence-electron chi connectivity index (χ3n) is 1.60. The summed E-state index contributed by atoms with van der Waals surface area (Å²) in [6.45, 7) is 3.59. The van der Waals surface area contributed by atoms with Crippen LogP contribution in [0.2, 0.25) is 0 Å². The lowest BCUT2D eigenvalue weighted by atomic mass is 10.3. The first kappa shape index (κ1) is 12.3. The molecule has 0 spiro atoms. The van der Waals surface area contributed by atoms with Crippen LogP contribution in [0.5, 0.6) is 0 Å². The first-order chi connectivity index (χ1) is 7.22. The molecule has 0 aliphatic carbocycles. The molecule has 0 saturated carbocycles. The van der Waals surface area contributed by atoms with Crippen LogP contribution >= 0.6 is 27.7 Å². The molecule has 0 saturated heterocycles. The Morgan fingerprint density at radius 3 is 2.73 bits per heavy atom. The summed E-state index contributed by atoms with van der Waals surface area (Å²) < 4.78 is 1.00. The molecular formula is C11H12BrNOS. The van der Waals surface area contributed by atoms with E-state index in [9.17, 15) is 4.79 Å². The number of hydrogen-bond acceptors (Lipinski definition) is 2. The van der Waals surface area contributed by atoms with Gasteiger partial charge in [-0.2, -0.15) is 0 Å². The van der Waals surface area contributed by atoms with E-state index >= 15 is 0 Å². The van der Waals surface area contributed by atoms with Gasteiger partial charge in [0.1, 0.15) is 0 Å². The van der Waals surface area contributed by atoms with Gasteiger partial charge >= 0.3 is 0 Å². The van der Waals surface area contributed by atoms with E-state index in [-0.39, 0.29) is 5.91 Å². The number of rotatable bonds is 5. The summed E-state index contributed by atoms with van der Waals surface area (Å²) in [4.78, 5) is 11.4. The molecule has 15 heavy (non-hydrogen) atoms. The van der Waals surface area contributed by atoms with E-state index in [1.54, 1.807) is 17.8 Å². The normalized spacial score (nSPS) is 9.67. The number of halogens is 1. The Bertz CT molecular complexity index is 337. The predicted molar refractivity (Wildman–Crippen MR) is 70.3 cm³/mol. The zero-order valence-corrected chi connectivity index (χ0v) is 10.6. The highest BCUT2D eigenvalue weighted by Crippen LogP contribution is 2.14. The Balaban J connectivity index is 2.37. The van der Waals surface area contributed by atoms with E-state index in [1.807, 2.05) is 24.3 Å². The van der Waals surface area contributed by atoms with Crippen LogP contribution in [0, 0.1) is 0 Å².